The van der Waals surface area contributed by atoms with Crippen molar-refractivity contribution < 1.29 is 4.74 Å². The molecule has 0 unspecified atom stereocenters. The number of rotatable bonds is 1. The van der Waals surface area contributed by atoms with Crippen LogP contribution < -0.4 is 9.64 Å². The minimum atomic E-state index is 0.533. The van der Waals surface area contributed by atoms with E-state index in [1.54, 1.807) is 13.2 Å². The number of hydrogen-bond acceptors (Lipinski definition) is 4. The summed E-state index contributed by atoms with van der Waals surface area (Å²) in [7, 11) is 7.09. The highest BCUT2D eigenvalue weighted by Gasteiger charge is 2.01. The summed E-state index contributed by atoms with van der Waals surface area (Å²) in [4.78, 5) is 9.58. The van der Waals surface area contributed by atoms with Crippen molar-refractivity contribution in [3.8, 4) is 5.88 Å². The van der Waals surface area contributed by atoms with Gasteiger partial charge in [-0.15, -0.1) is 11.3 Å². The van der Waals surface area contributed by atoms with Gasteiger partial charge in [0.1, 0.15) is 4.83 Å². The highest BCUT2D eigenvalue weighted by molar-refractivity contribution is 7.25. The summed E-state index contributed by atoms with van der Waals surface area (Å²) in [6.07, 6.45) is 0. The SMILES string of the molecule is [B]c1nc2ccc(OC)nc2s1. The van der Waals surface area contributed by atoms with Crippen LogP contribution in [0.1, 0.15) is 0 Å². The lowest BCUT2D eigenvalue weighted by atomic mass is 10.2. The average molecular weight is 176 g/mol. The molecule has 2 heterocycles. The Morgan fingerprint density at radius 3 is 3.00 bits per heavy atom. The molecule has 2 aromatic heterocycles. The molecule has 0 saturated carbocycles. The number of aromatic nitrogens is 2. The van der Waals surface area contributed by atoms with Gasteiger partial charge < -0.3 is 4.74 Å². The van der Waals surface area contributed by atoms with Crippen LogP contribution in [-0.4, -0.2) is 24.9 Å². The van der Waals surface area contributed by atoms with Gasteiger partial charge in [-0.1, -0.05) is 0 Å². The maximum atomic E-state index is 5.51. The van der Waals surface area contributed by atoms with Gasteiger partial charge in [0, 0.05) is 11.0 Å². The van der Waals surface area contributed by atoms with Crippen molar-refractivity contribution in [1.29, 1.82) is 0 Å². The van der Waals surface area contributed by atoms with Crippen molar-refractivity contribution >= 4 is 34.4 Å². The fourth-order valence-electron chi connectivity index (χ4n) is 0.931. The van der Waals surface area contributed by atoms with Gasteiger partial charge in [-0.05, 0) is 6.07 Å². The van der Waals surface area contributed by atoms with Crippen molar-refractivity contribution in [2.45, 2.75) is 0 Å². The van der Waals surface area contributed by atoms with Gasteiger partial charge >= 0.3 is 0 Å². The van der Waals surface area contributed by atoms with Crippen molar-refractivity contribution in [3.05, 3.63) is 12.1 Å². The maximum Gasteiger partial charge on any atom is 0.214 e. The third-order valence-electron chi connectivity index (χ3n) is 1.46. The second-order valence-corrected chi connectivity index (χ2v) is 3.24. The van der Waals surface area contributed by atoms with E-state index in [9.17, 15) is 0 Å². The summed E-state index contributed by atoms with van der Waals surface area (Å²) in [6.45, 7) is 0. The van der Waals surface area contributed by atoms with Crippen LogP contribution in [0.25, 0.3) is 10.3 Å². The first-order valence-electron chi connectivity index (χ1n) is 3.36. The van der Waals surface area contributed by atoms with Gasteiger partial charge in [-0.25, -0.2) is 4.98 Å². The van der Waals surface area contributed by atoms with Crippen LogP contribution in [0.3, 0.4) is 0 Å². The van der Waals surface area contributed by atoms with E-state index in [4.69, 9.17) is 12.6 Å². The van der Waals surface area contributed by atoms with Crippen molar-refractivity contribution in [2.75, 3.05) is 7.11 Å². The van der Waals surface area contributed by atoms with Crippen LogP contribution in [0.2, 0.25) is 0 Å². The molecule has 3 nitrogen and oxygen atoms in total. The highest BCUT2D eigenvalue weighted by Crippen LogP contribution is 2.16. The van der Waals surface area contributed by atoms with Crippen molar-refractivity contribution in [2.24, 2.45) is 0 Å². The van der Waals surface area contributed by atoms with Gasteiger partial charge in [-0.2, -0.15) is 0 Å². The molecule has 0 N–H and O–H groups in total. The monoisotopic (exact) mass is 176 g/mol. The molecule has 2 aromatic rings. The number of fused-ring (bicyclic) bond motifs is 1. The van der Waals surface area contributed by atoms with Crippen LogP contribution in [0.15, 0.2) is 12.1 Å². The van der Waals surface area contributed by atoms with Gasteiger partial charge in [0.25, 0.3) is 0 Å². The second-order valence-electron chi connectivity index (χ2n) is 2.23. The molecule has 0 aliphatic heterocycles. The number of methoxy groups -OCH3 is 1. The highest BCUT2D eigenvalue weighted by atomic mass is 32.1. The van der Waals surface area contributed by atoms with Crippen LogP contribution in [0.5, 0.6) is 5.88 Å². The quantitative estimate of drug-likeness (QED) is 0.593. The molecule has 2 radical (unpaired) electrons. The van der Waals surface area contributed by atoms with E-state index in [1.807, 2.05) is 6.07 Å². The molecule has 2 rings (SSSR count). The number of ether oxygens (including phenoxy) is 1. The molecule has 0 atom stereocenters. The predicted octanol–water partition coefficient (Wildman–Crippen LogP) is 0.494. The lowest BCUT2D eigenvalue weighted by Gasteiger charge is -1.95. The van der Waals surface area contributed by atoms with E-state index < -0.39 is 0 Å². The molecule has 58 valence electrons. The van der Waals surface area contributed by atoms with E-state index in [-0.39, 0.29) is 0 Å². The predicted molar refractivity (Wildman–Crippen MR) is 49.4 cm³/mol. The Labute approximate surface area is 74.8 Å². The van der Waals surface area contributed by atoms with Gasteiger partial charge in [0.05, 0.1) is 12.6 Å². The zero-order chi connectivity index (χ0) is 8.55. The molecule has 0 aliphatic rings. The van der Waals surface area contributed by atoms with Gasteiger partial charge in [0.2, 0.25) is 5.88 Å². The van der Waals surface area contributed by atoms with E-state index in [0.29, 0.717) is 10.8 Å². The van der Waals surface area contributed by atoms with Crippen LogP contribution in [-0.2, 0) is 0 Å². The Bertz CT molecular complexity index is 415. The zero-order valence-electron chi connectivity index (χ0n) is 6.44. The fraction of sp³-hybridized carbons (Fsp3) is 0.143. The van der Waals surface area contributed by atoms with Crippen LogP contribution >= 0.6 is 11.3 Å². The standard InChI is InChI=1S/C7H5BN2OS/c1-11-5-3-2-4-6(10-5)12-7(8)9-4/h2-3H,1H3. The minimum Gasteiger partial charge on any atom is -0.481 e. The molecular weight excluding hydrogens is 171 g/mol. The lowest BCUT2D eigenvalue weighted by Crippen LogP contribution is -1.96. The Morgan fingerprint density at radius 2 is 2.25 bits per heavy atom. The van der Waals surface area contributed by atoms with Gasteiger partial charge in [0.15, 0.2) is 7.85 Å². The number of hydrogen-bond donors (Lipinski definition) is 0. The first-order chi connectivity index (χ1) is 5.79. The topological polar surface area (TPSA) is 35.0 Å². The Morgan fingerprint density at radius 1 is 1.42 bits per heavy atom. The third-order valence-corrected chi connectivity index (χ3v) is 2.25. The minimum absolute atomic E-state index is 0.533. The first-order valence-corrected chi connectivity index (χ1v) is 4.18. The van der Waals surface area contributed by atoms with Crippen LogP contribution in [0, 0.1) is 0 Å². The Balaban J connectivity index is 2.66. The molecule has 0 spiro atoms. The first kappa shape index (κ1) is 7.55. The van der Waals surface area contributed by atoms with Crippen molar-refractivity contribution in [1.82, 2.24) is 9.97 Å². The lowest BCUT2D eigenvalue weighted by molar-refractivity contribution is 0.400. The summed E-state index contributed by atoms with van der Waals surface area (Å²) in [6, 6.07) is 3.61. The molecule has 0 aliphatic carbocycles. The molecular formula is C7H5BN2OS. The number of pyridine rings is 1. The molecule has 0 fully saturated rings. The number of nitrogens with zero attached hydrogens (tertiary/aromatic N) is 2. The fourth-order valence-corrected chi connectivity index (χ4v) is 1.63. The van der Waals surface area contributed by atoms with E-state index in [0.717, 1.165) is 10.3 Å². The normalized spacial score (nSPS) is 10.4. The van der Waals surface area contributed by atoms with Crippen LogP contribution in [0.4, 0.5) is 0 Å². The summed E-state index contributed by atoms with van der Waals surface area (Å²) in [5.41, 5.74) is 0.818. The molecule has 12 heavy (non-hydrogen) atoms. The summed E-state index contributed by atoms with van der Waals surface area (Å²) in [5.74, 6) is 0.589. The Hall–Kier alpha value is -1.10. The molecule has 0 aromatic carbocycles. The summed E-state index contributed by atoms with van der Waals surface area (Å²) < 4.78 is 4.96. The third kappa shape index (κ3) is 1.16. The zero-order valence-corrected chi connectivity index (χ0v) is 7.26. The number of thiazole rings is 1. The second kappa shape index (κ2) is 2.75. The Kier molecular flexibility index (Phi) is 1.73. The van der Waals surface area contributed by atoms with E-state index in [1.165, 1.54) is 11.3 Å². The van der Waals surface area contributed by atoms with E-state index >= 15 is 0 Å². The largest absolute Gasteiger partial charge is 0.481 e. The maximum absolute atomic E-state index is 5.51. The molecule has 0 bridgehead atoms. The average Bonchev–Trinajstić information content (AvgIpc) is 2.43. The molecule has 5 heteroatoms. The van der Waals surface area contributed by atoms with E-state index in [2.05, 4.69) is 9.97 Å². The molecule has 0 saturated heterocycles. The van der Waals surface area contributed by atoms with Gasteiger partial charge in [-0.3, -0.25) is 4.98 Å². The smallest absolute Gasteiger partial charge is 0.214 e. The van der Waals surface area contributed by atoms with Crippen molar-refractivity contribution in [3.63, 3.8) is 0 Å². The molecule has 0 amide bonds. The summed E-state index contributed by atoms with van der Waals surface area (Å²) >= 11 is 1.36. The summed E-state index contributed by atoms with van der Waals surface area (Å²) in [5, 5.41) is 0.